The molecule has 0 amide bonds. The van der Waals surface area contributed by atoms with E-state index in [1.807, 2.05) is 0 Å². The number of aromatic amines is 1. The Morgan fingerprint density at radius 1 is 1.50 bits per heavy atom. The second kappa shape index (κ2) is 4.82. The molecule has 12 heteroatoms. The van der Waals surface area contributed by atoms with Crippen molar-refractivity contribution in [3.05, 3.63) is 23.0 Å². The van der Waals surface area contributed by atoms with Gasteiger partial charge in [0.25, 0.3) is 5.56 Å². The van der Waals surface area contributed by atoms with Crippen molar-refractivity contribution in [2.75, 3.05) is 6.61 Å². The molecule has 5 atom stereocenters. The third-order valence-electron chi connectivity index (χ3n) is 3.65. The lowest BCUT2D eigenvalue weighted by Crippen LogP contribution is -2.40. The summed E-state index contributed by atoms with van der Waals surface area (Å²) in [5.41, 5.74) is 0.00818. The molecule has 0 aliphatic carbocycles. The zero-order valence-electron chi connectivity index (χ0n) is 11.1. The van der Waals surface area contributed by atoms with Gasteiger partial charge in [-0.3, -0.25) is 9.36 Å². The first-order valence-corrected chi connectivity index (χ1v) is 8.08. The van der Waals surface area contributed by atoms with Crippen molar-refractivity contribution < 1.29 is 23.8 Å². The summed E-state index contributed by atoms with van der Waals surface area (Å²) in [5.74, 6) is 0. The summed E-state index contributed by atoms with van der Waals surface area (Å²) >= 11 is 0. The fourth-order valence-corrected chi connectivity index (χ4v) is 3.68. The van der Waals surface area contributed by atoms with Crippen LogP contribution >= 0.6 is 7.82 Å². The highest BCUT2D eigenvalue weighted by Gasteiger charge is 2.56. The van der Waals surface area contributed by atoms with Crippen LogP contribution in [0.4, 0.5) is 0 Å². The van der Waals surface area contributed by atoms with Crippen LogP contribution in [0.2, 0.25) is 0 Å². The highest BCUT2D eigenvalue weighted by Crippen LogP contribution is 2.58. The van der Waals surface area contributed by atoms with Gasteiger partial charge in [-0.15, -0.1) is 0 Å². The minimum Gasteiger partial charge on any atom is -0.385 e. The molecule has 4 rings (SSSR count). The maximum atomic E-state index is 11.7. The molecule has 22 heavy (non-hydrogen) atoms. The summed E-state index contributed by atoms with van der Waals surface area (Å²) in [5, 5.41) is 10.4. The van der Waals surface area contributed by atoms with Gasteiger partial charge < -0.3 is 14.8 Å². The van der Waals surface area contributed by atoms with Crippen LogP contribution in [0.1, 0.15) is 6.23 Å². The Labute approximate surface area is 125 Å². The van der Waals surface area contributed by atoms with Crippen LogP contribution in [0, 0.1) is 0 Å². The van der Waals surface area contributed by atoms with Crippen LogP contribution in [-0.4, -0.2) is 62.0 Å². The number of imidazole rings is 1. The topological polar surface area (TPSA) is 132 Å². The van der Waals surface area contributed by atoms with E-state index in [-0.39, 0.29) is 17.8 Å². The summed E-state index contributed by atoms with van der Waals surface area (Å²) < 4.78 is 17.3. The number of aliphatic hydroxyl groups is 1. The van der Waals surface area contributed by atoms with Crippen LogP contribution in [-0.2, 0) is 13.8 Å². The van der Waals surface area contributed by atoms with Crippen LogP contribution in [0.25, 0.3) is 11.2 Å². The number of hydrogen-bond donors (Lipinski definition) is 3. The van der Waals surface area contributed by atoms with Crippen molar-refractivity contribution in [2.24, 2.45) is 0 Å². The fraction of sp³-hybridized carbons (Fsp3) is 0.500. The lowest BCUT2D eigenvalue weighted by molar-refractivity contribution is -0.0603. The number of H-pyrrole nitrogens is 1. The number of nitrogens with zero attached hydrogens (tertiary/aromatic N) is 3. The predicted molar refractivity (Wildman–Crippen MR) is 73.8 cm³/mol. The largest absolute Gasteiger partial charge is 0.488 e. The molecular weight excluding hydrogens is 314 g/mol. The van der Waals surface area contributed by atoms with Crippen molar-refractivity contribution in [1.82, 2.24) is 19.5 Å². The Bertz CT molecular complexity index is 780. The molecule has 0 aromatic carbocycles. The molecule has 2 aromatic rings. The maximum Gasteiger partial charge on any atom is 0.488 e. The number of rotatable bonds is 1. The van der Waals surface area contributed by atoms with Gasteiger partial charge in [0, 0.05) is 0 Å². The predicted octanol–water partition coefficient (Wildman–Crippen LogP) is -1.37. The summed E-state index contributed by atoms with van der Waals surface area (Å²) in [7, 11) is 2.01. The molecule has 2 aliphatic heterocycles. The summed E-state index contributed by atoms with van der Waals surface area (Å²) in [6, 6.07) is 0. The molecule has 2 aromatic heterocycles. The van der Waals surface area contributed by atoms with Gasteiger partial charge in [0.15, 0.2) is 23.5 Å². The van der Waals surface area contributed by atoms with E-state index in [0.29, 0.717) is 0 Å². The van der Waals surface area contributed by atoms with Crippen LogP contribution in [0.5, 0.6) is 0 Å². The Kier molecular flexibility index (Phi) is 3.12. The van der Waals surface area contributed by atoms with E-state index >= 15 is 0 Å². The monoisotopic (exact) mass is 325 g/mol. The van der Waals surface area contributed by atoms with Gasteiger partial charge >= 0.3 is 15.4 Å². The van der Waals surface area contributed by atoms with Crippen molar-refractivity contribution >= 4 is 26.6 Å². The first kappa shape index (κ1) is 14.3. The lowest BCUT2D eigenvalue weighted by atomic mass is 10.1. The zero-order valence-corrected chi connectivity index (χ0v) is 12.0. The first-order valence-electron chi connectivity index (χ1n) is 6.43. The maximum absolute atomic E-state index is 11.7. The Hall–Kier alpha value is -1.36. The summed E-state index contributed by atoms with van der Waals surface area (Å²) in [6.07, 6.45) is -0.840. The average Bonchev–Trinajstić information content (AvgIpc) is 3.01. The molecule has 2 radical (unpaired) electrons. The van der Waals surface area contributed by atoms with Gasteiger partial charge in [-0.25, -0.2) is 14.9 Å². The molecule has 4 heterocycles. The minimum absolute atomic E-state index is 0.000351. The van der Waals surface area contributed by atoms with Crippen LogP contribution in [0.3, 0.4) is 0 Å². The second-order valence-electron chi connectivity index (χ2n) is 5.04. The Balaban J connectivity index is 1.71. The smallest absolute Gasteiger partial charge is 0.385 e. The summed E-state index contributed by atoms with van der Waals surface area (Å²) in [6.45, 7) is -0.000351. The van der Waals surface area contributed by atoms with E-state index < -0.39 is 37.9 Å². The van der Waals surface area contributed by atoms with E-state index in [1.54, 1.807) is 0 Å². The number of aromatic nitrogens is 4. The summed E-state index contributed by atoms with van der Waals surface area (Å²) in [4.78, 5) is 31.8. The van der Waals surface area contributed by atoms with Crippen LogP contribution < -0.4 is 5.56 Å². The molecule has 0 spiro atoms. The van der Waals surface area contributed by atoms with E-state index in [9.17, 15) is 14.8 Å². The molecule has 10 nitrogen and oxygen atoms in total. The van der Waals surface area contributed by atoms with E-state index in [4.69, 9.17) is 21.4 Å². The number of fused-ring (bicyclic) bond motifs is 2. The highest BCUT2D eigenvalue weighted by atomic mass is 31.2. The Morgan fingerprint density at radius 3 is 3.14 bits per heavy atom. The molecule has 2 aliphatic rings. The zero-order chi connectivity index (χ0) is 15.5. The van der Waals surface area contributed by atoms with Gasteiger partial charge in [0.2, 0.25) is 0 Å². The van der Waals surface area contributed by atoms with Gasteiger partial charge in [-0.05, 0) is 0 Å². The standard InChI is InChI=1S/C10H11BN4O6P/c11-22(18)19-1-4-7(21-22)6(16)10(20-4)15-3-14-5-8(15)12-2-13-9(5)17/h2-4,6-7,10,16,18H,1H2,(H,12,13,17)/q+1/t4-,6?,7-,10-,22?/m1/s1. The SMILES string of the molecule is [B][P+]1(O)OC[C@H]2O[C@@H](n3cnc4c(=O)[nH]cnc43)C(O)[C@@H]2O1. The highest BCUT2D eigenvalue weighted by molar-refractivity contribution is 7.85. The van der Waals surface area contributed by atoms with Crippen molar-refractivity contribution in [3.8, 4) is 0 Å². The molecular formula is C10H11BN4O6P+. The third kappa shape index (κ3) is 2.09. The minimum atomic E-state index is -3.44. The van der Waals surface area contributed by atoms with Gasteiger partial charge in [-0.2, -0.15) is 9.05 Å². The Morgan fingerprint density at radius 2 is 2.32 bits per heavy atom. The van der Waals surface area contributed by atoms with Crippen LogP contribution in [0.15, 0.2) is 17.4 Å². The lowest BCUT2D eigenvalue weighted by Gasteiger charge is -2.27. The number of nitrogens with one attached hydrogen (secondary N) is 1. The first-order chi connectivity index (χ1) is 10.5. The van der Waals surface area contributed by atoms with Crippen molar-refractivity contribution in [2.45, 2.75) is 24.5 Å². The van der Waals surface area contributed by atoms with E-state index in [0.717, 1.165) is 0 Å². The molecule has 2 unspecified atom stereocenters. The molecule has 3 N–H and O–H groups in total. The average molecular weight is 325 g/mol. The van der Waals surface area contributed by atoms with E-state index in [1.165, 1.54) is 17.2 Å². The normalized spacial score (nSPS) is 38.3. The van der Waals surface area contributed by atoms with Gasteiger partial charge in [0.1, 0.15) is 18.8 Å². The third-order valence-corrected chi connectivity index (χ3v) is 4.71. The quantitative estimate of drug-likeness (QED) is 0.432. The molecule has 0 bridgehead atoms. The fourth-order valence-electron chi connectivity index (χ4n) is 2.65. The molecule has 2 saturated heterocycles. The second-order valence-corrected chi connectivity index (χ2v) is 6.64. The number of aliphatic hydroxyl groups excluding tert-OH is 1. The van der Waals surface area contributed by atoms with Gasteiger partial charge in [0.05, 0.1) is 12.7 Å². The van der Waals surface area contributed by atoms with Gasteiger partial charge in [-0.1, -0.05) is 0 Å². The number of ether oxygens (including phenoxy) is 1. The molecule has 0 saturated carbocycles. The van der Waals surface area contributed by atoms with Crippen molar-refractivity contribution in [1.29, 1.82) is 0 Å². The molecule has 114 valence electrons. The number of hydrogen-bond acceptors (Lipinski definition) is 8. The van der Waals surface area contributed by atoms with E-state index in [2.05, 4.69) is 15.0 Å². The van der Waals surface area contributed by atoms with Crippen molar-refractivity contribution in [3.63, 3.8) is 0 Å². The molecule has 2 fully saturated rings.